The van der Waals surface area contributed by atoms with Gasteiger partial charge in [-0.2, -0.15) is 0 Å². The minimum atomic E-state index is -0.890. The van der Waals surface area contributed by atoms with Crippen molar-refractivity contribution in [3.05, 3.63) is 28.9 Å². The summed E-state index contributed by atoms with van der Waals surface area (Å²) < 4.78 is 13.4. The molecule has 0 saturated carbocycles. The zero-order chi connectivity index (χ0) is 8.13. The molecule has 0 spiro atoms. The minimum absolute atomic E-state index is 0.890. The Morgan fingerprint density at radius 3 is 3.33 bits per heavy atom. The van der Waals surface area contributed by atoms with Gasteiger partial charge in [0, 0.05) is 35.5 Å². The fourth-order valence-corrected chi connectivity index (χ4v) is 2.75. The lowest BCUT2D eigenvalue weighted by atomic mass is 10.2. The Bertz CT molecular complexity index is 440. The summed E-state index contributed by atoms with van der Waals surface area (Å²) in [5.41, 5.74) is 2.44. The van der Waals surface area contributed by atoms with E-state index in [4.69, 9.17) is 0 Å². The van der Waals surface area contributed by atoms with Gasteiger partial charge in [-0.05, 0) is 6.08 Å². The summed E-state index contributed by atoms with van der Waals surface area (Å²) in [5, 5.41) is 1.75. The number of hydrogen-bond donors (Lipinski definition) is 0. The first-order valence-electron chi connectivity index (χ1n) is 3.85. The maximum atomic E-state index is 11.4. The van der Waals surface area contributed by atoms with Crippen LogP contribution in [-0.2, 0) is 17.2 Å². The molecule has 2 aliphatic rings. The van der Waals surface area contributed by atoms with Gasteiger partial charge in [0.15, 0.2) is 0 Å². The van der Waals surface area contributed by atoms with Crippen molar-refractivity contribution >= 4 is 23.1 Å². The Morgan fingerprint density at radius 2 is 2.42 bits per heavy atom. The molecule has 1 aromatic heterocycles. The highest BCUT2D eigenvalue weighted by atomic mass is 32.2. The quantitative estimate of drug-likeness (QED) is 0.590. The van der Waals surface area contributed by atoms with E-state index in [1.54, 1.807) is 5.41 Å². The van der Waals surface area contributed by atoms with Crippen LogP contribution in [0.1, 0.15) is 11.3 Å². The summed E-state index contributed by atoms with van der Waals surface area (Å²) >= 11 is 0. The lowest BCUT2D eigenvalue weighted by Gasteiger charge is -1.92. The van der Waals surface area contributed by atoms with Crippen LogP contribution in [0.4, 0.5) is 0 Å². The van der Waals surface area contributed by atoms with E-state index in [0.717, 1.165) is 11.3 Å². The van der Waals surface area contributed by atoms with Crippen molar-refractivity contribution in [2.75, 3.05) is 0 Å². The fourth-order valence-electron chi connectivity index (χ4n) is 1.72. The average molecular weight is 177 g/mol. The summed E-state index contributed by atoms with van der Waals surface area (Å²) in [5.74, 6) is 0. The molecule has 2 nitrogen and oxygen atoms in total. The summed E-state index contributed by atoms with van der Waals surface area (Å²) in [6.07, 6.45) is 9.04. The number of hydrogen-bond acceptors (Lipinski definition) is 1. The molecule has 3 rings (SSSR count). The predicted molar refractivity (Wildman–Crippen MR) is 48.9 cm³/mol. The smallest absolute Gasteiger partial charge is 0.0798 e. The second-order valence-corrected chi connectivity index (χ2v) is 4.26. The Hall–Kier alpha value is -1.09. The van der Waals surface area contributed by atoms with E-state index < -0.39 is 10.8 Å². The van der Waals surface area contributed by atoms with Crippen LogP contribution in [0, 0.1) is 0 Å². The van der Waals surface area contributed by atoms with Gasteiger partial charge >= 0.3 is 0 Å². The summed E-state index contributed by atoms with van der Waals surface area (Å²) in [7, 11) is -0.890. The zero-order valence-corrected chi connectivity index (χ0v) is 7.17. The molecule has 1 atom stereocenters. The summed E-state index contributed by atoms with van der Waals surface area (Å²) in [6, 6.07) is 0. The van der Waals surface area contributed by atoms with Gasteiger partial charge < -0.3 is 4.57 Å². The first kappa shape index (κ1) is 6.43. The zero-order valence-electron chi connectivity index (χ0n) is 6.36. The number of fused-ring (bicyclic) bond motifs is 3. The number of aromatic nitrogens is 1. The van der Waals surface area contributed by atoms with Crippen LogP contribution in [0.3, 0.4) is 0 Å². The molecule has 0 fully saturated rings. The number of nitrogens with zero attached hydrogens (tertiary/aromatic N) is 1. The lowest BCUT2D eigenvalue weighted by molar-refractivity contribution is 0.689. The third-order valence-electron chi connectivity index (χ3n) is 2.30. The van der Waals surface area contributed by atoms with Crippen molar-refractivity contribution in [2.45, 2.75) is 11.3 Å². The Labute approximate surface area is 72.7 Å². The Morgan fingerprint density at radius 1 is 1.50 bits per heavy atom. The average Bonchev–Trinajstić information content (AvgIpc) is 2.63. The van der Waals surface area contributed by atoms with Gasteiger partial charge in [-0.15, -0.1) is 0 Å². The van der Waals surface area contributed by atoms with Crippen LogP contribution in [0.15, 0.2) is 22.6 Å². The molecular weight excluding hydrogens is 170 g/mol. The van der Waals surface area contributed by atoms with Gasteiger partial charge in [0.2, 0.25) is 0 Å². The predicted octanol–water partition coefficient (Wildman–Crippen LogP) is 1.61. The fraction of sp³-hybridized carbons (Fsp3) is 0.111. The van der Waals surface area contributed by atoms with E-state index in [1.807, 2.05) is 18.5 Å². The first-order chi connectivity index (χ1) is 5.86. The maximum Gasteiger partial charge on any atom is 0.0798 e. The van der Waals surface area contributed by atoms with E-state index in [1.165, 1.54) is 11.3 Å². The minimum Gasteiger partial charge on any atom is -0.326 e. The van der Waals surface area contributed by atoms with E-state index in [0.29, 0.717) is 0 Å². The van der Waals surface area contributed by atoms with Crippen LogP contribution in [-0.4, -0.2) is 8.78 Å². The van der Waals surface area contributed by atoms with Crippen molar-refractivity contribution in [2.24, 2.45) is 0 Å². The Balaban J connectivity index is 2.35. The van der Waals surface area contributed by atoms with Crippen LogP contribution in [0.2, 0.25) is 0 Å². The van der Waals surface area contributed by atoms with E-state index >= 15 is 0 Å². The van der Waals surface area contributed by atoms with Gasteiger partial charge in [-0.3, -0.25) is 0 Å². The molecule has 0 bridgehead atoms. The molecule has 60 valence electrons. The van der Waals surface area contributed by atoms with Gasteiger partial charge in [0.05, 0.1) is 15.7 Å². The molecule has 0 saturated heterocycles. The van der Waals surface area contributed by atoms with Gasteiger partial charge in [0.25, 0.3) is 0 Å². The van der Waals surface area contributed by atoms with Crippen molar-refractivity contribution in [1.29, 1.82) is 0 Å². The molecule has 0 aliphatic carbocycles. The summed E-state index contributed by atoms with van der Waals surface area (Å²) in [6.45, 7) is 0. The second kappa shape index (κ2) is 1.98. The molecule has 3 heterocycles. The van der Waals surface area contributed by atoms with Crippen molar-refractivity contribution in [1.82, 2.24) is 4.57 Å². The highest BCUT2D eigenvalue weighted by molar-refractivity contribution is 7.88. The van der Waals surface area contributed by atoms with Crippen LogP contribution >= 0.6 is 0 Å². The highest BCUT2D eigenvalue weighted by Crippen LogP contribution is 2.31. The molecule has 2 aliphatic heterocycles. The molecule has 0 aromatic carbocycles. The van der Waals surface area contributed by atoms with E-state index in [9.17, 15) is 4.21 Å². The molecule has 0 N–H and O–H groups in total. The maximum absolute atomic E-state index is 11.4. The SMILES string of the molecule is O=S1C=Cc2c1cn1c2CC=C1. The third-order valence-corrected chi connectivity index (χ3v) is 3.44. The molecular formula is C9H7NOS. The topological polar surface area (TPSA) is 22.0 Å². The number of rotatable bonds is 0. The molecule has 1 aromatic rings. The van der Waals surface area contributed by atoms with Gasteiger partial charge in [0.1, 0.15) is 0 Å². The monoisotopic (exact) mass is 177 g/mol. The summed E-state index contributed by atoms with van der Waals surface area (Å²) in [4.78, 5) is 0.967. The van der Waals surface area contributed by atoms with Crippen molar-refractivity contribution in [3.63, 3.8) is 0 Å². The van der Waals surface area contributed by atoms with Crippen molar-refractivity contribution in [3.8, 4) is 0 Å². The molecule has 12 heavy (non-hydrogen) atoms. The van der Waals surface area contributed by atoms with Gasteiger partial charge in [-0.25, -0.2) is 4.21 Å². The van der Waals surface area contributed by atoms with Gasteiger partial charge in [-0.1, -0.05) is 6.08 Å². The number of allylic oxidation sites excluding steroid dienone is 1. The lowest BCUT2D eigenvalue weighted by Crippen LogP contribution is -1.85. The van der Waals surface area contributed by atoms with Crippen LogP contribution in [0.25, 0.3) is 12.3 Å². The molecule has 0 radical (unpaired) electrons. The molecule has 3 heteroatoms. The second-order valence-electron chi connectivity index (χ2n) is 2.95. The third kappa shape index (κ3) is 0.623. The normalized spacial score (nSPS) is 23.2. The Kier molecular flexibility index (Phi) is 1.06. The largest absolute Gasteiger partial charge is 0.326 e. The van der Waals surface area contributed by atoms with Crippen LogP contribution < -0.4 is 0 Å². The van der Waals surface area contributed by atoms with Crippen molar-refractivity contribution < 1.29 is 4.21 Å². The van der Waals surface area contributed by atoms with Crippen LogP contribution in [0.5, 0.6) is 0 Å². The van der Waals surface area contributed by atoms with E-state index in [-0.39, 0.29) is 0 Å². The standard InChI is InChI=1S/C9H7NOS/c11-12-5-3-7-8-2-1-4-10(8)6-9(7)12/h1,3-6H,2H2. The van der Waals surface area contributed by atoms with E-state index in [2.05, 4.69) is 10.6 Å². The first-order valence-corrected chi connectivity index (χ1v) is 5.07. The highest BCUT2D eigenvalue weighted by Gasteiger charge is 2.21. The molecule has 1 unspecified atom stereocenters. The molecule has 0 amide bonds.